The quantitative estimate of drug-likeness (QED) is 0.774. The minimum absolute atomic E-state index is 0.0574. The maximum absolute atomic E-state index is 13.0. The lowest BCUT2D eigenvalue weighted by molar-refractivity contribution is 0.0725. The third-order valence-corrected chi connectivity index (χ3v) is 4.74. The molecule has 0 radical (unpaired) electrons. The summed E-state index contributed by atoms with van der Waals surface area (Å²) < 4.78 is 0. The zero-order valence-electron chi connectivity index (χ0n) is 15.7. The van der Waals surface area contributed by atoms with Gasteiger partial charge >= 0.3 is 0 Å². The number of aromatic nitrogens is 4. The number of aryl methyl sites for hydroxylation is 1. The Labute approximate surface area is 158 Å². The molecule has 3 aromatic rings. The molecular formula is C20H22N6O. The Bertz CT molecular complexity index is 979. The van der Waals surface area contributed by atoms with Crippen molar-refractivity contribution >= 4 is 11.7 Å². The molecule has 0 atom stereocenters. The van der Waals surface area contributed by atoms with Gasteiger partial charge in [0.1, 0.15) is 17.3 Å². The predicted molar refractivity (Wildman–Crippen MR) is 104 cm³/mol. The van der Waals surface area contributed by atoms with Crippen molar-refractivity contribution in [1.82, 2.24) is 25.1 Å². The Morgan fingerprint density at radius 1 is 1.19 bits per heavy atom. The van der Waals surface area contributed by atoms with E-state index in [2.05, 4.69) is 20.2 Å². The van der Waals surface area contributed by atoms with E-state index in [4.69, 9.17) is 0 Å². The standard InChI is InChI=1S/C20H22N6O/c1-13-21-18-12-26(10-9-15(18)19(22-13)25(2)3)20(27)17-11-16(23-24-17)14-7-5-4-6-8-14/h4-8,11H,9-10,12H2,1-3H3,(H,23,24). The lowest BCUT2D eigenvalue weighted by atomic mass is 10.0. The van der Waals surface area contributed by atoms with Crippen LogP contribution in [0.3, 0.4) is 0 Å². The number of benzene rings is 1. The van der Waals surface area contributed by atoms with Crippen molar-refractivity contribution in [2.45, 2.75) is 19.9 Å². The van der Waals surface area contributed by atoms with Gasteiger partial charge in [-0.3, -0.25) is 9.89 Å². The molecule has 0 fully saturated rings. The fourth-order valence-corrected chi connectivity index (χ4v) is 3.43. The Kier molecular flexibility index (Phi) is 4.35. The maximum atomic E-state index is 13.0. The molecule has 0 bridgehead atoms. The molecule has 138 valence electrons. The lowest BCUT2D eigenvalue weighted by Crippen LogP contribution is -2.37. The molecule has 1 amide bonds. The van der Waals surface area contributed by atoms with Crippen LogP contribution in [0.4, 0.5) is 5.82 Å². The van der Waals surface area contributed by atoms with Crippen LogP contribution >= 0.6 is 0 Å². The van der Waals surface area contributed by atoms with Gasteiger partial charge in [-0.25, -0.2) is 9.97 Å². The van der Waals surface area contributed by atoms with Crippen LogP contribution in [-0.2, 0) is 13.0 Å². The first-order valence-electron chi connectivity index (χ1n) is 8.97. The van der Waals surface area contributed by atoms with Gasteiger partial charge in [0.2, 0.25) is 0 Å². The van der Waals surface area contributed by atoms with Crippen LogP contribution in [0.5, 0.6) is 0 Å². The van der Waals surface area contributed by atoms with Crippen molar-refractivity contribution in [2.75, 3.05) is 25.5 Å². The smallest absolute Gasteiger partial charge is 0.272 e. The van der Waals surface area contributed by atoms with E-state index in [1.54, 1.807) is 0 Å². The summed E-state index contributed by atoms with van der Waals surface area (Å²) in [7, 11) is 3.96. The summed E-state index contributed by atoms with van der Waals surface area (Å²) in [6.07, 6.45) is 0.745. The van der Waals surface area contributed by atoms with E-state index in [0.717, 1.165) is 40.6 Å². The van der Waals surface area contributed by atoms with Crippen molar-refractivity contribution in [1.29, 1.82) is 0 Å². The number of hydrogen-bond acceptors (Lipinski definition) is 5. The first kappa shape index (κ1) is 17.2. The van der Waals surface area contributed by atoms with Gasteiger partial charge in [0.25, 0.3) is 5.91 Å². The minimum atomic E-state index is -0.0574. The van der Waals surface area contributed by atoms with Gasteiger partial charge in [-0.2, -0.15) is 5.10 Å². The molecule has 1 aliphatic heterocycles. The fraction of sp³-hybridized carbons (Fsp3) is 0.300. The molecule has 3 heterocycles. The topological polar surface area (TPSA) is 78.0 Å². The average molecular weight is 362 g/mol. The van der Waals surface area contributed by atoms with Crippen LogP contribution in [0.25, 0.3) is 11.3 Å². The molecule has 4 rings (SSSR count). The van der Waals surface area contributed by atoms with Crippen molar-refractivity contribution < 1.29 is 4.79 Å². The number of anilines is 1. The van der Waals surface area contributed by atoms with Gasteiger partial charge in [-0.05, 0) is 19.4 Å². The number of carbonyl (C=O) groups excluding carboxylic acids is 1. The summed E-state index contributed by atoms with van der Waals surface area (Å²) >= 11 is 0. The molecule has 1 aromatic carbocycles. The number of aromatic amines is 1. The summed E-state index contributed by atoms with van der Waals surface area (Å²) in [6.45, 7) is 3.01. The Hall–Kier alpha value is -3.22. The highest BCUT2D eigenvalue weighted by atomic mass is 16.2. The second-order valence-electron chi connectivity index (χ2n) is 6.92. The number of H-pyrrole nitrogens is 1. The SMILES string of the molecule is Cc1nc2c(c(N(C)C)n1)CCN(C(=O)c1cc(-c3ccccc3)n[nH]1)C2. The highest BCUT2D eigenvalue weighted by Crippen LogP contribution is 2.26. The highest BCUT2D eigenvalue weighted by Gasteiger charge is 2.27. The maximum Gasteiger partial charge on any atom is 0.272 e. The fourth-order valence-electron chi connectivity index (χ4n) is 3.43. The monoisotopic (exact) mass is 362 g/mol. The number of nitrogens with zero attached hydrogens (tertiary/aromatic N) is 5. The average Bonchev–Trinajstić information content (AvgIpc) is 3.17. The second kappa shape index (κ2) is 6.83. The zero-order valence-corrected chi connectivity index (χ0v) is 15.7. The zero-order chi connectivity index (χ0) is 19.0. The lowest BCUT2D eigenvalue weighted by Gasteiger charge is -2.30. The molecule has 1 N–H and O–H groups in total. The van der Waals surface area contributed by atoms with Gasteiger partial charge in [-0.15, -0.1) is 0 Å². The molecule has 27 heavy (non-hydrogen) atoms. The van der Waals surface area contributed by atoms with Crippen molar-refractivity contribution in [2.24, 2.45) is 0 Å². The molecule has 7 nitrogen and oxygen atoms in total. The summed E-state index contributed by atoms with van der Waals surface area (Å²) in [5.41, 5.74) is 4.30. The van der Waals surface area contributed by atoms with E-state index in [9.17, 15) is 4.79 Å². The molecule has 0 aliphatic carbocycles. The summed E-state index contributed by atoms with van der Waals surface area (Å²) in [5, 5.41) is 7.18. The number of amides is 1. The Morgan fingerprint density at radius 3 is 2.70 bits per heavy atom. The first-order chi connectivity index (χ1) is 13.0. The molecule has 0 spiro atoms. The van der Waals surface area contributed by atoms with Crippen molar-refractivity contribution in [3.63, 3.8) is 0 Å². The molecule has 2 aromatic heterocycles. The van der Waals surface area contributed by atoms with Crippen molar-refractivity contribution in [3.05, 3.63) is 59.2 Å². The molecule has 0 saturated carbocycles. The highest BCUT2D eigenvalue weighted by molar-refractivity contribution is 5.93. The number of rotatable bonds is 3. The van der Waals surface area contributed by atoms with Gasteiger partial charge < -0.3 is 9.80 Å². The molecule has 0 unspecified atom stereocenters. The van der Waals surface area contributed by atoms with Gasteiger partial charge in [0.15, 0.2) is 0 Å². The molecule has 0 saturated heterocycles. The van der Waals surface area contributed by atoms with Gasteiger partial charge in [0, 0.05) is 31.8 Å². The third-order valence-electron chi connectivity index (χ3n) is 4.74. The van der Waals surface area contributed by atoms with E-state index in [1.165, 1.54) is 0 Å². The van der Waals surface area contributed by atoms with E-state index < -0.39 is 0 Å². The van der Waals surface area contributed by atoms with Crippen LogP contribution in [0.15, 0.2) is 36.4 Å². The largest absolute Gasteiger partial charge is 0.362 e. The number of hydrogen-bond donors (Lipinski definition) is 1. The molecule has 7 heteroatoms. The van der Waals surface area contributed by atoms with Crippen LogP contribution in [0, 0.1) is 6.92 Å². The van der Waals surface area contributed by atoms with Crippen molar-refractivity contribution in [3.8, 4) is 11.3 Å². The van der Waals surface area contributed by atoms with Crippen LogP contribution in [0.2, 0.25) is 0 Å². The number of carbonyl (C=O) groups is 1. The third kappa shape index (κ3) is 3.28. The Balaban J connectivity index is 1.58. The van der Waals surface area contributed by atoms with E-state index in [0.29, 0.717) is 18.8 Å². The predicted octanol–water partition coefficient (Wildman–Crippen LogP) is 2.44. The van der Waals surface area contributed by atoms with Crippen LogP contribution < -0.4 is 4.90 Å². The number of nitrogens with one attached hydrogen (secondary N) is 1. The van der Waals surface area contributed by atoms with E-state index in [-0.39, 0.29) is 5.91 Å². The summed E-state index contributed by atoms with van der Waals surface area (Å²) in [5.74, 6) is 1.61. The normalized spacial score (nSPS) is 13.4. The van der Waals surface area contributed by atoms with Crippen LogP contribution in [-0.4, -0.2) is 51.6 Å². The molecular weight excluding hydrogens is 340 g/mol. The van der Waals surface area contributed by atoms with Gasteiger partial charge in [-0.1, -0.05) is 30.3 Å². The minimum Gasteiger partial charge on any atom is -0.362 e. The Morgan fingerprint density at radius 2 is 1.96 bits per heavy atom. The van der Waals surface area contributed by atoms with E-state index >= 15 is 0 Å². The summed E-state index contributed by atoms with van der Waals surface area (Å²) in [4.78, 5) is 25.9. The summed E-state index contributed by atoms with van der Waals surface area (Å²) in [6, 6.07) is 11.6. The van der Waals surface area contributed by atoms with Gasteiger partial charge in [0.05, 0.1) is 17.9 Å². The van der Waals surface area contributed by atoms with E-state index in [1.807, 2.05) is 67.2 Å². The van der Waals surface area contributed by atoms with Crippen LogP contribution in [0.1, 0.15) is 27.6 Å². The second-order valence-corrected chi connectivity index (χ2v) is 6.92. The first-order valence-corrected chi connectivity index (χ1v) is 8.97. The molecule has 1 aliphatic rings. The number of fused-ring (bicyclic) bond motifs is 1.